The fourth-order valence-electron chi connectivity index (χ4n) is 9.10. The van der Waals surface area contributed by atoms with Crippen LogP contribution >= 0.6 is 11.8 Å². The average molecular weight is 669 g/mol. The molecule has 1 heterocycles. The number of fused-ring (bicyclic) bond motifs is 5. The summed E-state index contributed by atoms with van der Waals surface area (Å²) in [6, 6.07) is 26.4. The van der Waals surface area contributed by atoms with Gasteiger partial charge in [-0.3, -0.25) is 14.2 Å². The van der Waals surface area contributed by atoms with Crippen LogP contribution in [0.15, 0.2) is 88.3 Å². The Morgan fingerprint density at radius 2 is 1.49 bits per heavy atom. The van der Waals surface area contributed by atoms with Crippen LogP contribution in [0.2, 0.25) is 0 Å². The quantitative estimate of drug-likeness (QED) is 0.166. The van der Waals surface area contributed by atoms with E-state index in [0.717, 1.165) is 86.6 Å². The van der Waals surface area contributed by atoms with Crippen molar-refractivity contribution < 1.29 is 9.53 Å². The van der Waals surface area contributed by atoms with Gasteiger partial charge in [0.15, 0.2) is 5.16 Å². The van der Waals surface area contributed by atoms with E-state index in [4.69, 9.17) is 9.72 Å². The minimum absolute atomic E-state index is 0.0333. The zero-order chi connectivity index (χ0) is 33.6. The Hall–Kier alpha value is -4.61. The molecule has 49 heavy (non-hydrogen) atoms. The van der Waals surface area contributed by atoms with Crippen molar-refractivity contribution in [1.82, 2.24) is 14.9 Å². The normalized spacial score (nSPS) is 18.4. The highest BCUT2D eigenvalue weighted by atomic mass is 32.2. The van der Waals surface area contributed by atoms with Gasteiger partial charge in [0.2, 0.25) is 5.91 Å². The number of nitrogens with one attached hydrogen (secondary N) is 1. The minimum atomic E-state index is -0.258. The molecule has 0 saturated heterocycles. The van der Waals surface area contributed by atoms with Crippen LogP contribution in [0, 0.1) is 16.7 Å². The van der Waals surface area contributed by atoms with E-state index in [1.807, 2.05) is 48.5 Å². The Bertz CT molecular complexity index is 2080. The molecule has 8 rings (SSSR count). The molecule has 0 radical (unpaired) electrons. The number of thioether (sulfide) groups is 1. The highest BCUT2D eigenvalue weighted by molar-refractivity contribution is 7.99. The van der Waals surface area contributed by atoms with E-state index in [2.05, 4.69) is 35.7 Å². The lowest BCUT2D eigenvalue weighted by atomic mass is 9.62. The number of hydrogen-bond donors (Lipinski definition) is 1. The molecule has 0 unspecified atom stereocenters. The van der Waals surface area contributed by atoms with Gasteiger partial charge in [-0.25, -0.2) is 4.98 Å². The van der Waals surface area contributed by atoms with Gasteiger partial charge in [0, 0.05) is 22.0 Å². The van der Waals surface area contributed by atoms with Crippen LogP contribution in [0.25, 0.3) is 22.6 Å². The molecule has 2 fully saturated rings. The van der Waals surface area contributed by atoms with Crippen molar-refractivity contribution in [3.63, 3.8) is 0 Å². The number of hydrogen-bond acceptors (Lipinski definition) is 6. The number of rotatable bonds is 6. The Morgan fingerprint density at radius 1 is 0.878 bits per heavy atom. The fraction of sp³-hybridized carbons (Fsp3) is 0.366. The van der Waals surface area contributed by atoms with Gasteiger partial charge in [-0.05, 0) is 73.9 Å². The van der Waals surface area contributed by atoms with Crippen LogP contribution in [-0.2, 0) is 23.1 Å². The third-order valence-electron chi connectivity index (χ3n) is 11.4. The topological polar surface area (TPSA) is 97.0 Å². The zero-order valence-corrected chi connectivity index (χ0v) is 28.7. The highest BCUT2D eigenvalue weighted by Crippen LogP contribution is 2.52. The predicted octanol–water partition coefficient (Wildman–Crippen LogP) is 7.93. The van der Waals surface area contributed by atoms with Crippen molar-refractivity contribution in [1.29, 1.82) is 5.26 Å². The maximum atomic E-state index is 14.9. The Labute approximate surface area is 291 Å². The van der Waals surface area contributed by atoms with Crippen LogP contribution in [0.3, 0.4) is 0 Å². The molecule has 7 nitrogen and oxygen atoms in total. The first-order chi connectivity index (χ1) is 23.9. The van der Waals surface area contributed by atoms with Gasteiger partial charge in [-0.15, -0.1) is 0 Å². The monoisotopic (exact) mass is 668 g/mol. The molecule has 4 aliphatic rings. The Balaban J connectivity index is 1.20. The maximum absolute atomic E-state index is 14.9. The predicted molar refractivity (Wildman–Crippen MR) is 193 cm³/mol. The van der Waals surface area contributed by atoms with Crippen LogP contribution in [0.4, 0.5) is 0 Å². The summed E-state index contributed by atoms with van der Waals surface area (Å²) in [7, 11) is 1.62. The van der Waals surface area contributed by atoms with Crippen LogP contribution in [0.1, 0.15) is 80.0 Å². The van der Waals surface area contributed by atoms with Crippen molar-refractivity contribution in [2.75, 3.05) is 12.9 Å². The number of nitriles is 1. The molecule has 1 aromatic heterocycles. The molecule has 1 amide bonds. The third-order valence-corrected chi connectivity index (χ3v) is 12.3. The highest BCUT2D eigenvalue weighted by Gasteiger charge is 2.45. The number of amides is 1. The van der Waals surface area contributed by atoms with Crippen molar-refractivity contribution in [2.45, 2.75) is 81.2 Å². The number of aromatic nitrogens is 2. The van der Waals surface area contributed by atoms with Gasteiger partial charge in [0.1, 0.15) is 5.75 Å². The summed E-state index contributed by atoms with van der Waals surface area (Å²) in [6.07, 6.45) is 11.0. The van der Waals surface area contributed by atoms with E-state index < -0.39 is 0 Å². The second-order valence-corrected chi connectivity index (χ2v) is 15.1. The number of ether oxygens (including phenoxy) is 1. The molecule has 4 aromatic rings. The second-order valence-electron chi connectivity index (χ2n) is 14.2. The molecule has 0 bridgehead atoms. The summed E-state index contributed by atoms with van der Waals surface area (Å²) in [5.41, 5.74) is 7.35. The summed E-state index contributed by atoms with van der Waals surface area (Å²) >= 11 is 1.26. The number of carbonyl (C=O) groups is 1. The van der Waals surface area contributed by atoms with Crippen molar-refractivity contribution >= 4 is 23.4 Å². The molecule has 248 valence electrons. The van der Waals surface area contributed by atoms with Crippen molar-refractivity contribution in [3.05, 3.63) is 111 Å². The molecule has 2 spiro atoms. The van der Waals surface area contributed by atoms with Crippen LogP contribution in [0.5, 0.6) is 5.75 Å². The van der Waals surface area contributed by atoms with E-state index in [1.165, 1.54) is 29.3 Å². The maximum Gasteiger partial charge on any atom is 0.263 e. The Kier molecular flexibility index (Phi) is 8.19. The lowest BCUT2D eigenvalue weighted by molar-refractivity contribution is -0.117. The number of benzene rings is 3. The molecule has 1 N–H and O–H groups in total. The van der Waals surface area contributed by atoms with Gasteiger partial charge < -0.3 is 10.1 Å². The van der Waals surface area contributed by atoms with Crippen molar-refractivity contribution in [2.24, 2.45) is 5.41 Å². The van der Waals surface area contributed by atoms with Gasteiger partial charge in [0.05, 0.1) is 47.1 Å². The van der Waals surface area contributed by atoms with E-state index in [1.54, 1.807) is 11.7 Å². The van der Waals surface area contributed by atoms with E-state index >= 15 is 0 Å². The number of allylic oxidation sites excluding steroid dienone is 1. The van der Waals surface area contributed by atoms with Gasteiger partial charge in [-0.2, -0.15) is 5.26 Å². The van der Waals surface area contributed by atoms with E-state index in [0.29, 0.717) is 27.9 Å². The third kappa shape index (κ3) is 5.39. The summed E-state index contributed by atoms with van der Waals surface area (Å²) < 4.78 is 7.12. The summed E-state index contributed by atoms with van der Waals surface area (Å²) in [6.45, 7) is 0. The zero-order valence-electron chi connectivity index (χ0n) is 27.9. The standard InChI is InChI=1S/C41H40N4O3S/c1-48-30-17-15-29(16-18-30)45-38(47)35-37(32-14-6-4-12-28(32)24-41(35)21-7-2-8-22-41)44-39(45)49-26-34(46)43-36-31-13-5-3-11-27(31)23-40(33(36)25-42)19-9-10-20-40/h3-6,11-18H,2,7-10,19-24,26H2,1H3,(H,43,46). The lowest BCUT2D eigenvalue weighted by Gasteiger charge is -2.42. The number of carbonyl (C=O) groups excluding carboxylic acids is 1. The van der Waals surface area contributed by atoms with E-state index in [9.17, 15) is 14.9 Å². The SMILES string of the molecule is COc1ccc(-n2c(SCC(=O)NC3=C(C#N)C4(CCCC4)Cc4ccccc43)nc3c(c2=O)C2(CCCCC2)Cc2ccccc2-3)cc1. The van der Waals surface area contributed by atoms with Crippen LogP contribution in [-0.4, -0.2) is 28.3 Å². The molecule has 0 atom stereocenters. The first-order valence-corrected chi connectivity index (χ1v) is 18.5. The summed E-state index contributed by atoms with van der Waals surface area (Å²) in [4.78, 5) is 34.1. The lowest BCUT2D eigenvalue weighted by Crippen LogP contribution is -2.43. The average Bonchev–Trinajstić information content (AvgIpc) is 3.59. The van der Waals surface area contributed by atoms with Crippen LogP contribution < -0.4 is 15.6 Å². The summed E-state index contributed by atoms with van der Waals surface area (Å²) in [5, 5.41) is 14.1. The van der Waals surface area contributed by atoms with Gasteiger partial charge in [0.25, 0.3) is 5.56 Å². The number of methoxy groups -OCH3 is 1. The summed E-state index contributed by atoms with van der Waals surface area (Å²) in [5.74, 6) is 0.504. The Morgan fingerprint density at radius 3 is 2.18 bits per heavy atom. The van der Waals surface area contributed by atoms with Gasteiger partial charge >= 0.3 is 0 Å². The smallest absolute Gasteiger partial charge is 0.263 e. The molecule has 3 aromatic carbocycles. The molecule has 8 heteroatoms. The fourth-order valence-corrected chi connectivity index (χ4v) is 9.91. The van der Waals surface area contributed by atoms with Crippen molar-refractivity contribution in [3.8, 4) is 28.8 Å². The molecule has 0 aliphatic heterocycles. The first-order valence-electron chi connectivity index (χ1n) is 17.5. The molecule has 4 aliphatic carbocycles. The first kappa shape index (κ1) is 31.6. The minimum Gasteiger partial charge on any atom is -0.497 e. The van der Waals surface area contributed by atoms with Gasteiger partial charge in [-0.1, -0.05) is 92.4 Å². The van der Waals surface area contributed by atoms with E-state index in [-0.39, 0.29) is 28.0 Å². The molecular weight excluding hydrogens is 629 g/mol. The second kappa shape index (κ2) is 12.7. The molecule has 2 saturated carbocycles. The largest absolute Gasteiger partial charge is 0.497 e. The number of nitrogens with zero attached hydrogens (tertiary/aromatic N) is 3. The molecular formula is C41H40N4O3S.